The van der Waals surface area contributed by atoms with Crippen LogP contribution < -0.4 is 11.1 Å². The third-order valence-corrected chi connectivity index (χ3v) is 2.30. The molecule has 0 aliphatic rings. The lowest BCUT2D eigenvalue weighted by molar-refractivity contribution is -0.114. The molecule has 0 bridgehead atoms. The van der Waals surface area contributed by atoms with Gasteiger partial charge in [0.05, 0.1) is 6.54 Å². The van der Waals surface area contributed by atoms with Gasteiger partial charge in [-0.1, -0.05) is 0 Å². The van der Waals surface area contributed by atoms with Crippen LogP contribution in [0.15, 0.2) is 29.2 Å². The van der Waals surface area contributed by atoms with E-state index in [-0.39, 0.29) is 23.2 Å². The van der Waals surface area contributed by atoms with Gasteiger partial charge in [-0.25, -0.2) is 0 Å². The summed E-state index contributed by atoms with van der Waals surface area (Å²) in [6.07, 6.45) is 0. The van der Waals surface area contributed by atoms with Crippen LogP contribution in [0.25, 0.3) is 0 Å². The van der Waals surface area contributed by atoms with E-state index in [0.717, 1.165) is 0 Å². The van der Waals surface area contributed by atoms with E-state index in [9.17, 15) is 18.0 Å². The van der Waals surface area contributed by atoms with Gasteiger partial charge in [-0.3, -0.25) is 4.79 Å². The van der Waals surface area contributed by atoms with Crippen molar-refractivity contribution in [3.63, 3.8) is 0 Å². The van der Waals surface area contributed by atoms with E-state index >= 15 is 0 Å². The van der Waals surface area contributed by atoms with Crippen LogP contribution in [0.1, 0.15) is 0 Å². The average molecular weight is 250 g/mol. The Morgan fingerprint density at radius 3 is 2.31 bits per heavy atom. The molecular weight excluding hydrogens is 241 g/mol. The van der Waals surface area contributed by atoms with Gasteiger partial charge in [-0.15, -0.1) is 0 Å². The normalized spacial score (nSPS) is 11.2. The second-order valence-corrected chi connectivity index (χ2v) is 3.96. The molecule has 3 nitrogen and oxygen atoms in total. The standard InChI is InChI=1S/C9H9F3N2OS/c10-9(11,12)16-7-3-1-6(2-4-7)14-8(15)5-13/h1-4H,5,13H2,(H,14,15). The Labute approximate surface area is 94.2 Å². The highest BCUT2D eigenvalue weighted by atomic mass is 32.2. The van der Waals surface area contributed by atoms with Crippen molar-refractivity contribution in [2.45, 2.75) is 10.4 Å². The van der Waals surface area contributed by atoms with Gasteiger partial charge in [0.1, 0.15) is 0 Å². The van der Waals surface area contributed by atoms with Crippen molar-refractivity contribution in [2.75, 3.05) is 11.9 Å². The predicted molar refractivity (Wildman–Crippen MR) is 56.0 cm³/mol. The molecule has 88 valence electrons. The number of alkyl halides is 3. The minimum absolute atomic E-state index is 0.0678. The van der Waals surface area contributed by atoms with Gasteiger partial charge in [0, 0.05) is 10.6 Å². The zero-order chi connectivity index (χ0) is 12.2. The molecular formula is C9H9F3N2OS. The molecule has 16 heavy (non-hydrogen) atoms. The Bertz CT molecular complexity index is 364. The van der Waals surface area contributed by atoms with Crippen molar-refractivity contribution >= 4 is 23.4 Å². The maximum Gasteiger partial charge on any atom is 0.446 e. The van der Waals surface area contributed by atoms with Gasteiger partial charge < -0.3 is 11.1 Å². The van der Waals surface area contributed by atoms with E-state index in [1.54, 1.807) is 0 Å². The zero-order valence-corrected chi connectivity index (χ0v) is 8.86. The zero-order valence-electron chi connectivity index (χ0n) is 8.04. The minimum atomic E-state index is -4.30. The molecule has 0 unspecified atom stereocenters. The summed E-state index contributed by atoms with van der Waals surface area (Å²) in [4.78, 5) is 10.9. The summed E-state index contributed by atoms with van der Waals surface area (Å²) in [5.74, 6) is -0.392. The number of hydrogen-bond acceptors (Lipinski definition) is 3. The van der Waals surface area contributed by atoms with Crippen molar-refractivity contribution < 1.29 is 18.0 Å². The lowest BCUT2D eigenvalue weighted by Gasteiger charge is -2.07. The van der Waals surface area contributed by atoms with Crippen LogP contribution in [-0.4, -0.2) is 18.0 Å². The fourth-order valence-corrected chi connectivity index (χ4v) is 1.49. The molecule has 0 radical (unpaired) electrons. The predicted octanol–water partition coefficient (Wildman–Crippen LogP) is 2.20. The SMILES string of the molecule is NCC(=O)Nc1ccc(SC(F)(F)F)cc1. The van der Waals surface area contributed by atoms with Crippen LogP contribution in [0.5, 0.6) is 0 Å². The van der Waals surface area contributed by atoms with E-state index in [1.807, 2.05) is 0 Å². The fourth-order valence-electron chi connectivity index (χ4n) is 0.952. The number of carbonyl (C=O) groups excluding carboxylic acids is 1. The molecule has 1 aromatic rings. The summed E-state index contributed by atoms with van der Waals surface area (Å²) in [5, 5.41) is 2.43. The van der Waals surface area contributed by atoms with Crippen molar-refractivity contribution in [2.24, 2.45) is 5.73 Å². The van der Waals surface area contributed by atoms with E-state index in [0.29, 0.717) is 5.69 Å². The summed E-state index contributed by atoms with van der Waals surface area (Å²) in [7, 11) is 0. The Hall–Kier alpha value is -1.21. The molecule has 7 heteroatoms. The average Bonchev–Trinajstić information content (AvgIpc) is 2.18. The number of halogens is 3. The number of benzene rings is 1. The topological polar surface area (TPSA) is 55.1 Å². The molecule has 0 aromatic heterocycles. The summed E-state index contributed by atoms with van der Waals surface area (Å²) in [5.41, 5.74) is 1.18. The Kier molecular flexibility index (Phi) is 4.19. The van der Waals surface area contributed by atoms with Gasteiger partial charge in [-0.2, -0.15) is 13.2 Å². The van der Waals surface area contributed by atoms with Crippen molar-refractivity contribution in [3.8, 4) is 0 Å². The molecule has 0 saturated heterocycles. The number of amides is 1. The van der Waals surface area contributed by atoms with Crippen molar-refractivity contribution in [1.82, 2.24) is 0 Å². The van der Waals surface area contributed by atoms with Crippen molar-refractivity contribution in [1.29, 1.82) is 0 Å². The largest absolute Gasteiger partial charge is 0.446 e. The van der Waals surface area contributed by atoms with Crippen LogP contribution in [0, 0.1) is 0 Å². The highest BCUT2D eigenvalue weighted by Crippen LogP contribution is 2.36. The van der Waals surface area contributed by atoms with Gasteiger partial charge in [0.2, 0.25) is 5.91 Å². The molecule has 0 fully saturated rings. The molecule has 1 aromatic carbocycles. The molecule has 0 atom stereocenters. The lowest BCUT2D eigenvalue weighted by Crippen LogP contribution is -2.21. The molecule has 0 heterocycles. The quantitative estimate of drug-likeness (QED) is 0.808. The number of anilines is 1. The smallest absolute Gasteiger partial charge is 0.325 e. The van der Waals surface area contributed by atoms with Crippen LogP contribution in [-0.2, 0) is 4.79 Å². The number of nitrogens with two attached hydrogens (primary N) is 1. The highest BCUT2D eigenvalue weighted by molar-refractivity contribution is 8.00. The van der Waals surface area contributed by atoms with E-state index in [4.69, 9.17) is 5.73 Å². The molecule has 3 N–H and O–H groups in total. The van der Waals surface area contributed by atoms with E-state index in [2.05, 4.69) is 5.32 Å². The third-order valence-electron chi connectivity index (χ3n) is 1.56. The van der Waals surface area contributed by atoms with Crippen LogP contribution in [0.3, 0.4) is 0 Å². The second-order valence-electron chi connectivity index (χ2n) is 2.82. The monoisotopic (exact) mass is 250 g/mol. The molecule has 1 amide bonds. The van der Waals surface area contributed by atoms with Gasteiger partial charge in [0.15, 0.2) is 0 Å². The summed E-state index contributed by atoms with van der Waals surface area (Å²) in [6, 6.07) is 5.35. The Morgan fingerprint density at radius 1 is 1.31 bits per heavy atom. The third kappa shape index (κ3) is 4.54. The Morgan fingerprint density at radius 2 is 1.88 bits per heavy atom. The minimum Gasteiger partial charge on any atom is -0.325 e. The molecule has 0 aliphatic carbocycles. The maximum atomic E-state index is 12.0. The number of rotatable bonds is 3. The molecule has 0 spiro atoms. The first-order valence-electron chi connectivity index (χ1n) is 4.26. The second kappa shape index (κ2) is 5.22. The van der Waals surface area contributed by atoms with Crippen LogP contribution >= 0.6 is 11.8 Å². The van der Waals surface area contributed by atoms with Crippen molar-refractivity contribution in [3.05, 3.63) is 24.3 Å². The summed E-state index contributed by atoms with van der Waals surface area (Å²) >= 11 is -0.203. The van der Waals surface area contributed by atoms with Crippen LogP contribution in [0.4, 0.5) is 18.9 Å². The number of carbonyl (C=O) groups is 1. The lowest BCUT2D eigenvalue weighted by atomic mass is 10.3. The number of nitrogens with one attached hydrogen (secondary N) is 1. The van der Waals surface area contributed by atoms with Gasteiger partial charge in [-0.05, 0) is 36.0 Å². The van der Waals surface area contributed by atoms with Gasteiger partial charge >= 0.3 is 5.51 Å². The maximum absolute atomic E-state index is 12.0. The first-order valence-corrected chi connectivity index (χ1v) is 5.08. The van der Waals surface area contributed by atoms with E-state index < -0.39 is 11.4 Å². The fraction of sp³-hybridized carbons (Fsp3) is 0.222. The molecule has 0 aliphatic heterocycles. The molecule has 0 saturated carbocycles. The number of thioether (sulfide) groups is 1. The summed E-state index contributed by atoms with van der Waals surface area (Å²) in [6.45, 7) is -0.168. The first kappa shape index (κ1) is 12.9. The number of hydrogen-bond donors (Lipinski definition) is 2. The van der Waals surface area contributed by atoms with Gasteiger partial charge in [0.25, 0.3) is 0 Å². The Balaban J connectivity index is 2.64. The van der Waals surface area contributed by atoms with Crippen LogP contribution in [0.2, 0.25) is 0 Å². The summed E-state index contributed by atoms with van der Waals surface area (Å²) < 4.78 is 35.9. The van der Waals surface area contributed by atoms with E-state index in [1.165, 1.54) is 24.3 Å². The molecule has 1 rings (SSSR count). The first-order chi connectivity index (χ1) is 7.40. The highest BCUT2D eigenvalue weighted by Gasteiger charge is 2.28.